The minimum Gasteiger partial charge on any atom is -0.453 e. The minimum absolute atomic E-state index is 0.00713. The van der Waals surface area contributed by atoms with Crippen molar-refractivity contribution in [3.05, 3.63) is 76.3 Å². The number of carbonyl (C=O) groups is 1. The fraction of sp³-hybridized carbons (Fsp3) is 0.167. The Bertz CT molecular complexity index is 727. The summed E-state index contributed by atoms with van der Waals surface area (Å²) in [6.07, 6.45) is 3.73. The van der Waals surface area contributed by atoms with Gasteiger partial charge in [0.15, 0.2) is 0 Å². The van der Waals surface area contributed by atoms with E-state index in [0.29, 0.717) is 5.02 Å². The molecular formula is C18H16ClNO2. The third kappa shape index (κ3) is 2.85. The number of ether oxygens (including phenoxy) is 1. The molecule has 112 valence electrons. The number of rotatable bonds is 2. The van der Waals surface area contributed by atoms with Crippen molar-refractivity contribution in [2.24, 2.45) is 0 Å². The van der Waals surface area contributed by atoms with Crippen LogP contribution in [0.15, 0.2) is 54.6 Å². The van der Waals surface area contributed by atoms with E-state index in [0.717, 1.165) is 16.7 Å². The highest BCUT2D eigenvalue weighted by molar-refractivity contribution is 6.30. The van der Waals surface area contributed by atoms with Crippen LogP contribution in [-0.4, -0.2) is 13.2 Å². The summed E-state index contributed by atoms with van der Waals surface area (Å²) in [5.41, 5.74) is 3.22. The Labute approximate surface area is 134 Å². The highest BCUT2D eigenvalue weighted by Gasteiger charge is 2.29. The average molecular weight is 314 g/mol. The predicted molar refractivity (Wildman–Crippen MR) is 88.0 cm³/mol. The lowest BCUT2D eigenvalue weighted by molar-refractivity contribution is 0.165. The third-order valence-electron chi connectivity index (χ3n) is 3.87. The van der Waals surface area contributed by atoms with E-state index in [1.165, 1.54) is 7.11 Å². The van der Waals surface area contributed by atoms with Crippen LogP contribution in [0.4, 0.5) is 4.79 Å². The lowest BCUT2D eigenvalue weighted by Crippen LogP contribution is -2.33. The van der Waals surface area contributed by atoms with Gasteiger partial charge in [0, 0.05) is 10.9 Å². The van der Waals surface area contributed by atoms with Crippen LogP contribution < -0.4 is 5.32 Å². The van der Waals surface area contributed by atoms with Crippen LogP contribution in [0.1, 0.15) is 28.7 Å². The second-order valence-electron chi connectivity index (χ2n) is 5.18. The molecule has 0 radical (unpaired) electrons. The van der Waals surface area contributed by atoms with Crippen molar-refractivity contribution >= 4 is 23.8 Å². The molecule has 4 heteroatoms. The number of hydrogen-bond donors (Lipinski definition) is 1. The van der Waals surface area contributed by atoms with Crippen LogP contribution in [-0.2, 0) is 4.74 Å². The van der Waals surface area contributed by atoms with Gasteiger partial charge in [0.2, 0.25) is 0 Å². The Kier molecular flexibility index (Phi) is 4.16. The standard InChI is InChI=1S/C18H16ClNO2/c1-22-18(21)20-17-15-8-3-2-5-12(15)9-10-16(17)13-6-4-7-14(19)11-13/h2-11,16-17H,1H3,(H,20,21)/t16-,17-/m0/s1. The van der Waals surface area contributed by atoms with Gasteiger partial charge in [-0.3, -0.25) is 0 Å². The highest BCUT2D eigenvalue weighted by Crippen LogP contribution is 2.39. The van der Waals surface area contributed by atoms with Gasteiger partial charge in [-0.2, -0.15) is 0 Å². The lowest BCUT2D eigenvalue weighted by atomic mass is 9.81. The topological polar surface area (TPSA) is 38.3 Å². The maximum absolute atomic E-state index is 11.8. The highest BCUT2D eigenvalue weighted by atomic mass is 35.5. The molecule has 0 aromatic heterocycles. The molecule has 0 unspecified atom stereocenters. The van der Waals surface area contributed by atoms with Crippen LogP contribution in [0.3, 0.4) is 0 Å². The summed E-state index contributed by atoms with van der Waals surface area (Å²) in [7, 11) is 1.37. The molecule has 0 bridgehead atoms. The van der Waals surface area contributed by atoms with Crippen LogP contribution in [0.2, 0.25) is 5.02 Å². The van der Waals surface area contributed by atoms with E-state index in [-0.39, 0.29) is 12.0 Å². The molecule has 0 saturated heterocycles. The molecule has 0 heterocycles. The molecule has 1 amide bonds. The zero-order chi connectivity index (χ0) is 15.5. The molecule has 2 atom stereocenters. The van der Waals surface area contributed by atoms with Crippen molar-refractivity contribution in [3.63, 3.8) is 0 Å². The quantitative estimate of drug-likeness (QED) is 0.883. The van der Waals surface area contributed by atoms with Crippen molar-refractivity contribution in [2.45, 2.75) is 12.0 Å². The Balaban J connectivity index is 2.03. The molecule has 0 saturated carbocycles. The summed E-state index contributed by atoms with van der Waals surface area (Å²) >= 11 is 6.11. The predicted octanol–water partition coefficient (Wildman–Crippen LogP) is 4.55. The Morgan fingerprint density at radius 3 is 2.77 bits per heavy atom. The van der Waals surface area contributed by atoms with E-state index in [2.05, 4.69) is 17.5 Å². The largest absolute Gasteiger partial charge is 0.453 e. The number of methoxy groups -OCH3 is 1. The van der Waals surface area contributed by atoms with Crippen LogP contribution in [0.25, 0.3) is 6.08 Å². The molecule has 0 spiro atoms. The number of fused-ring (bicyclic) bond motifs is 1. The second-order valence-corrected chi connectivity index (χ2v) is 5.62. The first kappa shape index (κ1) is 14.7. The third-order valence-corrected chi connectivity index (χ3v) is 4.10. The maximum atomic E-state index is 11.8. The van der Waals surface area contributed by atoms with Gasteiger partial charge in [0.1, 0.15) is 0 Å². The van der Waals surface area contributed by atoms with E-state index < -0.39 is 6.09 Å². The van der Waals surface area contributed by atoms with Gasteiger partial charge in [0.25, 0.3) is 0 Å². The van der Waals surface area contributed by atoms with Crippen LogP contribution in [0, 0.1) is 0 Å². The van der Waals surface area contributed by atoms with Crippen molar-refractivity contribution in [2.75, 3.05) is 7.11 Å². The Morgan fingerprint density at radius 1 is 1.18 bits per heavy atom. The lowest BCUT2D eigenvalue weighted by Gasteiger charge is -2.30. The monoisotopic (exact) mass is 313 g/mol. The molecule has 2 aromatic rings. The van der Waals surface area contributed by atoms with Gasteiger partial charge in [-0.05, 0) is 28.8 Å². The molecule has 3 nitrogen and oxygen atoms in total. The van der Waals surface area contributed by atoms with Gasteiger partial charge < -0.3 is 10.1 Å². The second kappa shape index (κ2) is 6.24. The van der Waals surface area contributed by atoms with Gasteiger partial charge >= 0.3 is 6.09 Å². The summed E-state index contributed by atoms with van der Waals surface area (Å²) in [5, 5.41) is 3.62. The summed E-state index contributed by atoms with van der Waals surface area (Å²) in [6.45, 7) is 0. The molecule has 0 fully saturated rings. The van der Waals surface area contributed by atoms with Gasteiger partial charge in [-0.1, -0.05) is 60.2 Å². The summed E-state index contributed by atoms with van der Waals surface area (Å²) in [5.74, 6) is 0.00713. The molecule has 2 aromatic carbocycles. The van der Waals surface area contributed by atoms with Crippen molar-refractivity contribution in [1.82, 2.24) is 5.32 Å². The molecule has 22 heavy (non-hydrogen) atoms. The molecular weight excluding hydrogens is 298 g/mol. The van der Waals surface area contributed by atoms with E-state index >= 15 is 0 Å². The van der Waals surface area contributed by atoms with Crippen molar-refractivity contribution in [1.29, 1.82) is 0 Å². The number of carbonyl (C=O) groups excluding carboxylic acids is 1. The van der Waals surface area contributed by atoms with E-state index in [4.69, 9.17) is 16.3 Å². The fourth-order valence-corrected chi connectivity index (χ4v) is 3.03. The number of alkyl carbamates (subject to hydrolysis) is 1. The van der Waals surface area contributed by atoms with Gasteiger partial charge in [-0.15, -0.1) is 0 Å². The molecule has 1 aliphatic carbocycles. The first-order valence-corrected chi connectivity index (χ1v) is 7.44. The minimum atomic E-state index is -0.442. The molecule has 0 aliphatic heterocycles. The number of nitrogens with one attached hydrogen (secondary N) is 1. The van der Waals surface area contributed by atoms with Crippen molar-refractivity contribution < 1.29 is 9.53 Å². The zero-order valence-corrected chi connectivity index (χ0v) is 12.9. The van der Waals surface area contributed by atoms with E-state index in [9.17, 15) is 4.79 Å². The van der Waals surface area contributed by atoms with Crippen LogP contribution >= 0.6 is 11.6 Å². The van der Waals surface area contributed by atoms with E-state index in [1.54, 1.807) is 0 Å². The Morgan fingerprint density at radius 2 is 2.00 bits per heavy atom. The number of amides is 1. The van der Waals surface area contributed by atoms with Crippen molar-refractivity contribution in [3.8, 4) is 0 Å². The molecule has 1 aliphatic rings. The van der Waals surface area contributed by atoms with Gasteiger partial charge in [0.05, 0.1) is 13.2 Å². The van der Waals surface area contributed by atoms with Crippen LogP contribution in [0.5, 0.6) is 0 Å². The number of hydrogen-bond acceptors (Lipinski definition) is 2. The summed E-state index contributed by atoms with van der Waals surface area (Å²) in [6, 6.07) is 15.5. The smallest absolute Gasteiger partial charge is 0.407 e. The first-order chi connectivity index (χ1) is 10.7. The zero-order valence-electron chi connectivity index (χ0n) is 12.1. The Hall–Kier alpha value is -2.26. The summed E-state index contributed by atoms with van der Waals surface area (Å²) in [4.78, 5) is 11.8. The fourth-order valence-electron chi connectivity index (χ4n) is 2.83. The number of halogens is 1. The van der Waals surface area contributed by atoms with Gasteiger partial charge in [-0.25, -0.2) is 4.79 Å². The molecule has 1 N–H and O–H groups in total. The summed E-state index contributed by atoms with van der Waals surface area (Å²) < 4.78 is 4.78. The first-order valence-electron chi connectivity index (χ1n) is 7.06. The van der Waals surface area contributed by atoms with E-state index in [1.807, 2.05) is 48.5 Å². The number of benzene rings is 2. The SMILES string of the molecule is COC(=O)N[C@H]1c2ccccc2C=C[C@H]1c1cccc(Cl)c1. The normalized spacial score (nSPS) is 19.4. The average Bonchev–Trinajstić information content (AvgIpc) is 2.55. The molecule has 3 rings (SSSR count). The maximum Gasteiger partial charge on any atom is 0.407 e.